The minimum atomic E-state index is 0.0598. The molecule has 0 unspecified atom stereocenters. The number of carbonyl (C=O) groups is 1. The zero-order chi connectivity index (χ0) is 10.4. The van der Waals surface area contributed by atoms with Crippen LogP contribution in [-0.2, 0) is 4.79 Å². The number of hydrogen-bond donors (Lipinski definition) is 2. The molecule has 0 aliphatic carbocycles. The molecule has 0 saturated heterocycles. The summed E-state index contributed by atoms with van der Waals surface area (Å²) in [4.78, 5) is 10.9. The van der Waals surface area contributed by atoms with Crippen LogP contribution in [0.4, 0.5) is 5.69 Å². The summed E-state index contributed by atoms with van der Waals surface area (Å²) in [5.74, 6) is 0.0598. The largest absolute Gasteiger partial charge is 0.385 e. The Hall–Kier alpha value is -1.51. The second-order valence-electron chi connectivity index (χ2n) is 3.22. The number of benzene rings is 1. The van der Waals surface area contributed by atoms with Crippen LogP contribution in [-0.4, -0.2) is 19.5 Å². The topological polar surface area (TPSA) is 41.1 Å². The van der Waals surface area contributed by atoms with Gasteiger partial charge in [-0.05, 0) is 19.1 Å². The molecular formula is C11H16N2O. The molecular weight excluding hydrogens is 176 g/mol. The van der Waals surface area contributed by atoms with Crippen LogP contribution < -0.4 is 10.6 Å². The average molecular weight is 192 g/mol. The Kier molecular flexibility index (Phi) is 3.98. The first-order valence-electron chi connectivity index (χ1n) is 4.73. The molecule has 0 aromatic heterocycles. The fraction of sp³-hybridized carbons (Fsp3) is 0.364. The Morgan fingerprint density at radius 2 is 1.93 bits per heavy atom. The van der Waals surface area contributed by atoms with Crippen molar-refractivity contribution in [2.45, 2.75) is 13.3 Å². The van der Waals surface area contributed by atoms with Gasteiger partial charge in [-0.25, -0.2) is 0 Å². The lowest BCUT2D eigenvalue weighted by atomic mass is 10.2. The van der Waals surface area contributed by atoms with Crippen molar-refractivity contribution in [1.82, 2.24) is 5.32 Å². The lowest BCUT2D eigenvalue weighted by molar-refractivity contribution is -0.120. The van der Waals surface area contributed by atoms with E-state index < -0.39 is 0 Å². The van der Waals surface area contributed by atoms with E-state index in [1.807, 2.05) is 31.2 Å². The normalized spacial score (nSPS) is 9.57. The van der Waals surface area contributed by atoms with Crippen molar-refractivity contribution in [3.8, 4) is 0 Å². The number of anilines is 1. The van der Waals surface area contributed by atoms with Crippen LogP contribution in [0.2, 0.25) is 0 Å². The van der Waals surface area contributed by atoms with Crippen molar-refractivity contribution >= 4 is 11.6 Å². The van der Waals surface area contributed by atoms with Gasteiger partial charge in [0.05, 0.1) is 0 Å². The van der Waals surface area contributed by atoms with Gasteiger partial charge in [-0.3, -0.25) is 4.79 Å². The number of rotatable bonds is 4. The van der Waals surface area contributed by atoms with Crippen LogP contribution in [0.5, 0.6) is 0 Å². The first-order valence-corrected chi connectivity index (χ1v) is 4.73. The van der Waals surface area contributed by atoms with Crippen LogP contribution in [0.3, 0.4) is 0 Å². The zero-order valence-electron chi connectivity index (χ0n) is 8.63. The van der Waals surface area contributed by atoms with Gasteiger partial charge in [-0.1, -0.05) is 17.7 Å². The third kappa shape index (κ3) is 3.47. The molecule has 1 aromatic rings. The van der Waals surface area contributed by atoms with Crippen molar-refractivity contribution in [2.24, 2.45) is 0 Å². The van der Waals surface area contributed by atoms with Gasteiger partial charge in [-0.15, -0.1) is 0 Å². The Bertz CT molecular complexity index is 293. The predicted molar refractivity (Wildman–Crippen MR) is 58.4 cm³/mol. The molecule has 0 spiro atoms. The second-order valence-corrected chi connectivity index (χ2v) is 3.22. The van der Waals surface area contributed by atoms with E-state index in [1.54, 1.807) is 7.05 Å². The SMILES string of the molecule is CNC(=O)CCNc1ccc(C)cc1. The number of nitrogens with one attached hydrogen (secondary N) is 2. The zero-order valence-corrected chi connectivity index (χ0v) is 8.63. The van der Waals surface area contributed by atoms with Crippen LogP contribution in [0.15, 0.2) is 24.3 Å². The van der Waals surface area contributed by atoms with Gasteiger partial charge in [0.25, 0.3) is 0 Å². The molecule has 14 heavy (non-hydrogen) atoms. The summed E-state index contributed by atoms with van der Waals surface area (Å²) in [6, 6.07) is 8.11. The number of hydrogen-bond acceptors (Lipinski definition) is 2. The van der Waals surface area contributed by atoms with Crippen molar-refractivity contribution in [2.75, 3.05) is 18.9 Å². The second kappa shape index (κ2) is 5.27. The van der Waals surface area contributed by atoms with Gasteiger partial charge in [0.15, 0.2) is 0 Å². The van der Waals surface area contributed by atoms with Crippen LogP contribution in [0.1, 0.15) is 12.0 Å². The highest BCUT2D eigenvalue weighted by molar-refractivity contribution is 5.76. The minimum Gasteiger partial charge on any atom is -0.385 e. The maximum absolute atomic E-state index is 10.9. The molecule has 0 aliphatic heterocycles. The smallest absolute Gasteiger partial charge is 0.221 e. The maximum Gasteiger partial charge on any atom is 0.221 e. The summed E-state index contributed by atoms with van der Waals surface area (Å²) in [6.07, 6.45) is 0.504. The lowest BCUT2D eigenvalue weighted by Crippen LogP contribution is -2.20. The predicted octanol–water partition coefficient (Wildman–Crippen LogP) is 1.54. The Labute approximate surface area is 84.5 Å². The molecule has 0 saturated carbocycles. The molecule has 3 nitrogen and oxygen atoms in total. The Balaban J connectivity index is 2.31. The van der Waals surface area contributed by atoms with Crippen molar-refractivity contribution in [3.63, 3.8) is 0 Å². The highest BCUT2D eigenvalue weighted by atomic mass is 16.1. The van der Waals surface area contributed by atoms with E-state index in [1.165, 1.54) is 5.56 Å². The monoisotopic (exact) mass is 192 g/mol. The molecule has 3 heteroatoms. The van der Waals surface area contributed by atoms with Crippen molar-refractivity contribution in [3.05, 3.63) is 29.8 Å². The van der Waals surface area contributed by atoms with Crippen LogP contribution in [0.25, 0.3) is 0 Å². The molecule has 0 bridgehead atoms. The van der Waals surface area contributed by atoms with E-state index in [0.717, 1.165) is 5.69 Å². The van der Waals surface area contributed by atoms with Gasteiger partial charge in [0.2, 0.25) is 5.91 Å². The summed E-state index contributed by atoms with van der Waals surface area (Å²) in [5.41, 5.74) is 2.29. The number of amides is 1. The Morgan fingerprint density at radius 3 is 2.50 bits per heavy atom. The number of aryl methyl sites for hydroxylation is 1. The average Bonchev–Trinajstić information content (AvgIpc) is 2.21. The maximum atomic E-state index is 10.9. The van der Waals surface area contributed by atoms with E-state index >= 15 is 0 Å². The fourth-order valence-electron chi connectivity index (χ4n) is 1.12. The fourth-order valence-corrected chi connectivity index (χ4v) is 1.12. The van der Waals surface area contributed by atoms with Gasteiger partial charge in [-0.2, -0.15) is 0 Å². The molecule has 1 rings (SSSR count). The molecule has 1 aromatic carbocycles. The third-order valence-electron chi connectivity index (χ3n) is 2.01. The first-order chi connectivity index (χ1) is 6.72. The quantitative estimate of drug-likeness (QED) is 0.759. The van der Waals surface area contributed by atoms with Gasteiger partial charge in [0.1, 0.15) is 0 Å². The summed E-state index contributed by atoms with van der Waals surface area (Å²) in [7, 11) is 1.65. The van der Waals surface area contributed by atoms with Gasteiger partial charge in [0, 0.05) is 25.7 Å². The summed E-state index contributed by atoms with van der Waals surface area (Å²) in [5, 5.41) is 5.76. The van der Waals surface area contributed by atoms with Crippen LogP contribution >= 0.6 is 0 Å². The van der Waals surface area contributed by atoms with Crippen molar-refractivity contribution in [1.29, 1.82) is 0 Å². The molecule has 2 N–H and O–H groups in total. The van der Waals surface area contributed by atoms with E-state index in [0.29, 0.717) is 13.0 Å². The first kappa shape index (κ1) is 10.6. The molecule has 0 heterocycles. The van der Waals surface area contributed by atoms with Gasteiger partial charge >= 0.3 is 0 Å². The summed E-state index contributed by atoms with van der Waals surface area (Å²) in [6.45, 7) is 2.72. The lowest BCUT2D eigenvalue weighted by Gasteiger charge is -2.05. The number of carbonyl (C=O) groups excluding carboxylic acids is 1. The van der Waals surface area contributed by atoms with E-state index in [4.69, 9.17) is 0 Å². The summed E-state index contributed by atoms with van der Waals surface area (Å²) >= 11 is 0. The highest BCUT2D eigenvalue weighted by Gasteiger charge is 1.96. The van der Waals surface area contributed by atoms with Crippen LogP contribution in [0, 0.1) is 6.92 Å². The molecule has 0 atom stereocenters. The Morgan fingerprint density at radius 1 is 1.29 bits per heavy atom. The molecule has 1 amide bonds. The highest BCUT2D eigenvalue weighted by Crippen LogP contribution is 2.07. The minimum absolute atomic E-state index is 0.0598. The molecule has 76 valence electrons. The van der Waals surface area contributed by atoms with Gasteiger partial charge < -0.3 is 10.6 Å². The van der Waals surface area contributed by atoms with Crippen molar-refractivity contribution < 1.29 is 4.79 Å². The standard InChI is InChI=1S/C11H16N2O/c1-9-3-5-10(6-4-9)13-8-7-11(14)12-2/h3-6,13H,7-8H2,1-2H3,(H,12,14). The molecule has 0 fully saturated rings. The third-order valence-corrected chi connectivity index (χ3v) is 2.01. The molecule has 0 aliphatic rings. The van der Waals surface area contributed by atoms with E-state index in [2.05, 4.69) is 10.6 Å². The summed E-state index contributed by atoms with van der Waals surface area (Å²) < 4.78 is 0. The molecule has 0 radical (unpaired) electrons. The van der Waals surface area contributed by atoms with E-state index in [9.17, 15) is 4.79 Å². The van der Waals surface area contributed by atoms with E-state index in [-0.39, 0.29) is 5.91 Å².